The molecule has 0 spiro atoms. The van der Waals surface area contributed by atoms with Crippen LogP contribution in [0.15, 0.2) is 42.5 Å². The molecule has 0 aliphatic rings. The summed E-state index contributed by atoms with van der Waals surface area (Å²) in [6.07, 6.45) is 0. The Morgan fingerprint density at radius 2 is 1.84 bits per heavy atom. The van der Waals surface area contributed by atoms with E-state index in [2.05, 4.69) is 11.4 Å². The lowest BCUT2D eigenvalue weighted by Gasteiger charge is -2.13. The minimum Gasteiger partial charge on any atom is -0.508 e. The molecular formula is C16H19NO2. The summed E-state index contributed by atoms with van der Waals surface area (Å²) in [5.41, 5.74) is 3.28. The van der Waals surface area contributed by atoms with Crippen molar-refractivity contribution in [3.05, 3.63) is 53.6 Å². The zero-order valence-corrected chi connectivity index (χ0v) is 11.3. The minimum absolute atomic E-state index is 0.286. The third kappa shape index (κ3) is 3.65. The second-order valence-electron chi connectivity index (χ2n) is 4.45. The van der Waals surface area contributed by atoms with Gasteiger partial charge in [0, 0.05) is 6.54 Å². The van der Waals surface area contributed by atoms with Crippen LogP contribution in [0.25, 0.3) is 0 Å². The lowest BCUT2D eigenvalue weighted by molar-refractivity contribution is 0.341. The number of aromatic hydroxyl groups is 1. The first-order valence-corrected chi connectivity index (χ1v) is 6.44. The SMILES string of the molecule is CCOc1cc(C)ccc1NCc1ccc(O)cc1. The van der Waals surface area contributed by atoms with E-state index in [0.717, 1.165) is 17.0 Å². The van der Waals surface area contributed by atoms with Gasteiger partial charge in [-0.15, -0.1) is 0 Å². The molecule has 0 atom stereocenters. The number of hydrogen-bond acceptors (Lipinski definition) is 3. The second kappa shape index (κ2) is 6.14. The molecule has 100 valence electrons. The summed E-state index contributed by atoms with van der Waals surface area (Å²) in [4.78, 5) is 0. The van der Waals surface area contributed by atoms with Crippen molar-refractivity contribution in [3.8, 4) is 11.5 Å². The molecule has 0 unspecified atom stereocenters. The van der Waals surface area contributed by atoms with E-state index in [0.29, 0.717) is 13.2 Å². The molecule has 0 heterocycles. The standard InChI is InChI=1S/C16H19NO2/c1-3-19-16-10-12(2)4-9-15(16)17-11-13-5-7-14(18)8-6-13/h4-10,17-18H,3,11H2,1-2H3. The van der Waals surface area contributed by atoms with Crippen LogP contribution >= 0.6 is 0 Å². The first-order chi connectivity index (χ1) is 9.19. The average molecular weight is 257 g/mol. The molecular weight excluding hydrogens is 238 g/mol. The number of nitrogens with one attached hydrogen (secondary N) is 1. The van der Waals surface area contributed by atoms with Crippen LogP contribution in [0.5, 0.6) is 11.5 Å². The number of phenolic OH excluding ortho intramolecular Hbond substituents is 1. The van der Waals surface area contributed by atoms with Gasteiger partial charge in [-0.3, -0.25) is 0 Å². The quantitative estimate of drug-likeness (QED) is 0.858. The van der Waals surface area contributed by atoms with E-state index in [9.17, 15) is 5.11 Å². The smallest absolute Gasteiger partial charge is 0.142 e. The number of anilines is 1. The van der Waals surface area contributed by atoms with E-state index >= 15 is 0 Å². The van der Waals surface area contributed by atoms with Crippen LogP contribution in [-0.2, 0) is 6.54 Å². The summed E-state index contributed by atoms with van der Waals surface area (Å²) < 4.78 is 5.62. The van der Waals surface area contributed by atoms with Crippen molar-refractivity contribution >= 4 is 5.69 Å². The summed E-state index contributed by atoms with van der Waals surface area (Å²) >= 11 is 0. The Morgan fingerprint density at radius 1 is 1.11 bits per heavy atom. The average Bonchev–Trinajstić information content (AvgIpc) is 2.40. The van der Waals surface area contributed by atoms with Crippen LogP contribution in [0.2, 0.25) is 0 Å². The van der Waals surface area contributed by atoms with Gasteiger partial charge < -0.3 is 15.2 Å². The fourth-order valence-electron chi connectivity index (χ4n) is 1.86. The Balaban J connectivity index is 2.08. The predicted octanol–water partition coefficient (Wildman–Crippen LogP) is 3.71. The fourth-order valence-corrected chi connectivity index (χ4v) is 1.86. The maximum Gasteiger partial charge on any atom is 0.142 e. The zero-order chi connectivity index (χ0) is 13.7. The van der Waals surface area contributed by atoms with E-state index in [1.54, 1.807) is 12.1 Å². The molecule has 2 rings (SSSR count). The van der Waals surface area contributed by atoms with Crippen LogP contribution in [-0.4, -0.2) is 11.7 Å². The van der Waals surface area contributed by atoms with Crippen molar-refractivity contribution in [2.24, 2.45) is 0 Å². The number of phenols is 1. The largest absolute Gasteiger partial charge is 0.508 e. The summed E-state index contributed by atoms with van der Waals surface area (Å²) in [6.45, 7) is 5.37. The number of rotatable bonds is 5. The second-order valence-corrected chi connectivity index (χ2v) is 4.45. The van der Waals surface area contributed by atoms with Crippen LogP contribution in [0.1, 0.15) is 18.1 Å². The molecule has 0 bridgehead atoms. The van der Waals surface area contributed by atoms with Crippen molar-refractivity contribution in [2.75, 3.05) is 11.9 Å². The van der Waals surface area contributed by atoms with Gasteiger partial charge in [0.25, 0.3) is 0 Å². The topological polar surface area (TPSA) is 41.5 Å². The first kappa shape index (κ1) is 13.3. The van der Waals surface area contributed by atoms with Gasteiger partial charge in [0.05, 0.1) is 12.3 Å². The zero-order valence-electron chi connectivity index (χ0n) is 11.3. The molecule has 2 aromatic carbocycles. The molecule has 3 nitrogen and oxygen atoms in total. The molecule has 3 heteroatoms. The minimum atomic E-state index is 0.286. The van der Waals surface area contributed by atoms with E-state index in [1.807, 2.05) is 38.1 Å². The molecule has 0 fully saturated rings. The van der Waals surface area contributed by atoms with Gasteiger partial charge in [0.15, 0.2) is 0 Å². The van der Waals surface area contributed by atoms with Gasteiger partial charge in [-0.05, 0) is 49.2 Å². The van der Waals surface area contributed by atoms with Gasteiger partial charge in [-0.25, -0.2) is 0 Å². The number of ether oxygens (including phenoxy) is 1. The van der Waals surface area contributed by atoms with Crippen molar-refractivity contribution in [2.45, 2.75) is 20.4 Å². The highest BCUT2D eigenvalue weighted by molar-refractivity contribution is 5.57. The highest BCUT2D eigenvalue weighted by Gasteiger charge is 2.03. The van der Waals surface area contributed by atoms with E-state index < -0.39 is 0 Å². The molecule has 0 aliphatic heterocycles. The molecule has 0 amide bonds. The Labute approximate surface area is 113 Å². The Bertz CT molecular complexity index is 535. The lowest BCUT2D eigenvalue weighted by atomic mass is 10.2. The highest BCUT2D eigenvalue weighted by Crippen LogP contribution is 2.26. The fraction of sp³-hybridized carbons (Fsp3) is 0.250. The number of hydrogen-bond donors (Lipinski definition) is 2. The molecule has 0 saturated heterocycles. The third-order valence-corrected chi connectivity index (χ3v) is 2.86. The van der Waals surface area contributed by atoms with Gasteiger partial charge in [0.2, 0.25) is 0 Å². The Morgan fingerprint density at radius 3 is 2.53 bits per heavy atom. The maximum atomic E-state index is 9.25. The highest BCUT2D eigenvalue weighted by atomic mass is 16.5. The van der Waals surface area contributed by atoms with Gasteiger partial charge in [0.1, 0.15) is 11.5 Å². The number of benzene rings is 2. The summed E-state index contributed by atoms with van der Waals surface area (Å²) in [5.74, 6) is 1.16. The Hall–Kier alpha value is -2.16. The summed E-state index contributed by atoms with van der Waals surface area (Å²) in [5, 5.41) is 12.6. The van der Waals surface area contributed by atoms with Crippen LogP contribution in [0.4, 0.5) is 5.69 Å². The van der Waals surface area contributed by atoms with Gasteiger partial charge in [-0.1, -0.05) is 18.2 Å². The van der Waals surface area contributed by atoms with Gasteiger partial charge >= 0.3 is 0 Å². The molecule has 0 aliphatic carbocycles. The van der Waals surface area contributed by atoms with E-state index in [-0.39, 0.29) is 5.75 Å². The number of aryl methyl sites for hydroxylation is 1. The molecule has 0 aromatic heterocycles. The maximum absolute atomic E-state index is 9.25. The molecule has 0 saturated carbocycles. The van der Waals surface area contributed by atoms with Crippen LogP contribution in [0, 0.1) is 6.92 Å². The molecule has 2 N–H and O–H groups in total. The molecule has 19 heavy (non-hydrogen) atoms. The molecule has 2 aromatic rings. The normalized spacial score (nSPS) is 10.2. The van der Waals surface area contributed by atoms with E-state index in [4.69, 9.17) is 4.74 Å². The first-order valence-electron chi connectivity index (χ1n) is 6.44. The van der Waals surface area contributed by atoms with Crippen molar-refractivity contribution in [1.82, 2.24) is 0 Å². The monoisotopic (exact) mass is 257 g/mol. The summed E-state index contributed by atoms with van der Waals surface area (Å²) in [6, 6.07) is 13.3. The lowest BCUT2D eigenvalue weighted by Crippen LogP contribution is -2.02. The van der Waals surface area contributed by atoms with Crippen LogP contribution < -0.4 is 10.1 Å². The van der Waals surface area contributed by atoms with Crippen molar-refractivity contribution in [3.63, 3.8) is 0 Å². The van der Waals surface area contributed by atoms with Crippen LogP contribution in [0.3, 0.4) is 0 Å². The van der Waals surface area contributed by atoms with E-state index in [1.165, 1.54) is 5.56 Å². The van der Waals surface area contributed by atoms with Crippen molar-refractivity contribution < 1.29 is 9.84 Å². The Kier molecular flexibility index (Phi) is 4.29. The molecule has 0 radical (unpaired) electrons. The predicted molar refractivity (Wildman–Crippen MR) is 77.8 cm³/mol. The third-order valence-electron chi connectivity index (χ3n) is 2.86. The van der Waals surface area contributed by atoms with Gasteiger partial charge in [-0.2, -0.15) is 0 Å². The van der Waals surface area contributed by atoms with Crippen molar-refractivity contribution in [1.29, 1.82) is 0 Å². The summed E-state index contributed by atoms with van der Waals surface area (Å²) in [7, 11) is 0.